The summed E-state index contributed by atoms with van der Waals surface area (Å²) in [5, 5.41) is 0. The highest BCUT2D eigenvalue weighted by Gasteiger charge is 2.17. The molecule has 2 unspecified atom stereocenters. The third kappa shape index (κ3) is 4.07. The minimum absolute atomic E-state index is 0.329. The Morgan fingerprint density at radius 2 is 1.67 bits per heavy atom. The van der Waals surface area contributed by atoms with E-state index in [-0.39, 0.29) is 0 Å². The lowest BCUT2D eigenvalue weighted by molar-refractivity contribution is 0.000207. The van der Waals surface area contributed by atoms with Crippen molar-refractivity contribution in [2.75, 3.05) is 14.2 Å². The second-order valence-corrected chi connectivity index (χ2v) is 3.52. The van der Waals surface area contributed by atoms with Crippen molar-refractivity contribution in [2.24, 2.45) is 5.92 Å². The Kier molecular flexibility index (Phi) is 6.39. The van der Waals surface area contributed by atoms with Gasteiger partial charge in [-0.25, -0.2) is 0 Å². The minimum atomic E-state index is 0.329. The largest absolute Gasteiger partial charge is 0.381 e. The fraction of sp³-hybridized carbons (Fsp3) is 1.00. The number of hydrogen-bond acceptors (Lipinski definition) is 2. The molecule has 2 atom stereocenters. The molecule has 0 N–H and O–H groups in total. The molecule has 0 aromatic heterocycles. The van der Waals surface area contributed by atoms with E-state index in [1.165, 1.54) is 0 Å². The summed E-state index contributed by atoms with van der Waals surface area (Å²) in [6.07, 6.45) is 2.73. The van der Waals surface area contributed by atoms with Gasteiger partial charge in [0.05, 0.1) is 12.2 Å². The Morgan fingerprint density at radius 1 is 1.08 bits per heavy atom. The number of rotatable bonds is 6. The van der Waals surface area contributed by atoms with Crippen LogP contribution in [-0.4, -0.2) is 26.4 Å². The fourth-order valence-electron chi connectivity index (χ4n) is 1.33. The van der Waals surface area contributed by atoms with Crippen LogP contribution in [0, 0.1) is 5.92 Å². The van der Waals surface area contributed by atoms with Crippen molar-refractivity contribution < 1.29 is 9.47 Å². The Balaban J connectivity index is 3.82. The molecule has 0 aliphatic heterocycles. The molecule has 0 aliphatic carbocycles. The van der Waals surface area contributed by atoms with Gasteiger partial charge in [0, 0.05) is 14.2 Å². The molecule has 0 aromatic rings. The zero-order chi connectivity index (χ0) is 9.56. The van der Waals surface area contributed by atoms with Gasteiger partial charge in [-0.1, -0.05) is 20.8 Å². The van der Waals surface area contributed by atoms with E-state index in [2.05, 4.69) is 20.8 Å². The summed E-state index contributed by atoms with van der Waals surface area (Å²) in [4.78, 5) is 0. The van der Waals surface area contributed by atoms with Crippen molar-refractivity contribution in [1.29, 1.82) is 0 Å². The molecule has 2 nitrogen and oxygen atoms in total. The molecular formula is C10H22O2. The van der Waals surface area contributed by atoms with Gasteiger partial charge in [0.25, 0.3) is 0 Å². The third-order valence-corrected chi connectivity index (χ3v) is 2.33. The van der Waals surface area contributed by atoms with Gasteiger partial charge in [-0.2, -0.15) is 0 Å². The molecule has 0 saturated heterocycles. The maximum absolute atomic E-state index is 5.37. The molecule has 2 heteroatoms. The first kappa shape index (κ1) is 11.9. The molecule has 74 valence electrons. The van der Waals surface area contributed by atoms with E-state index in [1.54, 1.807) is 14.2 Å². The summed E-state index contributed by atoms with van der Waals surface area (Å²) < 4.78 is 10.7. The van der Waals surface area contributed by atoms with Crippen molar-refractivity contribution in [2.45, 2.75) is 45.8 Å². The summed E-state index contributed by atoms with van der Waals surface area (Å²) in [5.41, 5.74) is 0. The van der Waals surface area contributed by atoms with Gasteiger partial charge in [-0.15, -0.1) is 0 Å². The van der Waals surface area contributed by atoms with Crippen LogP contribution in [0.25, 0.3) is 0 Å². The minimum Gasteiger partial charge on any atom is -0.381 e. The van der Waals surface area contributed by atoms with Crippen LogP contribution in [0.4, 0.5) is 0 Å². The Morgan fingerprint density at radius 3 is 1.92 bits per heavy atom. The lowest BCUT2D eigenvalue weighted by Gasteiger charge is -2.23. The van der Waals surface area contributed by atoms with Crippen LogP contribution in [0.1, 0.15) is 33.6 Å². The van der Waals surface area contributed by atoms with Crippen LogP contribution in [0.5, 0.6) is 0 Å². The topological polar surface area (TPSA) is 18.5 Å². The summed E-state index contributed by atoms with van der Waals surface area (Å²) in [6.45, 7) is 6.49. The smallest absolute Gasteiger partial charge is 0.0618 e. The number of methoxy groups -OCH3 is 2. The van der Waals surface area contributed by atoms with E-state index in [9.17, 15) is 0 Å². The van der Waals surface area contributed by atoms with Crippen LogP contribution in [0.15, 0.2) is 0 Å². The molecule has 0 aromatic carbocycles. The highest BCUT2D eigenvalue weighted by atomic mass is 16.5. The summed E-state index contributed by atoms with van der Waals surface area (Å²) in [6, 6.07) is 0. The van der Waals surface area contributed by atoms with Crippen LogP contribution in [0.2, 0.25) is 0 Å². The van der Waals surface area contributed by atoms with Gasteiger partial charge < -0.3 is 9.47 Å². The van der Waals surface area contributed by atoms with Crippen molar-refractivity contribution in [3.63, 3.8) is 0 Å². The molecule has 0 spiro atoms. The van der Waals surface area contributed by atoms with E-state index in [0.29, 0.717) is 18.1 Å². The normalized spacial score (nSPS) is 16.5. The molecule has 0 fully saturated rings. The SMILES string of the molecule is CCC(CC(OC)C(C)C)OC. The second kappa shape index (κ2) is 6.44. The lowest BCUT2D eigenvalue weighted by Crippen LogP contribution is -2.25. The molecule has 0 bridgehead atoms. The molecule has 0 rings (SSSR count). The quantitative estimate of drug-likeness (QED) is 0.616. The Bertz CT molecular complexity index is 98.0. The molecule has 12 heavy (non-hydrogen) atoms. The number of ether oxygens (including phenoxy) is 2. The van der Waals surface area contributed by atoms with E-state index in [1.807, 2.05) is 0 Å². The van der Waals surface area contributed by atoms with Crippen LogP contribution < -0.4 is 0 Å². The van der Waals surface area contributed by atoms with E-state index in [0.717, 1.165) is 12.8 Å². The zero-order valence-corrected chi connectivity index (χ0v) is 8.96. The van der Waals surface area contributed by atoms with E-state index >= 15 is 0 Å². The van der Waals surface area contributed by atoms with Gasteiger partial charge in [0.1, 0.15) is 0 Å². The average molecular weight is 174 g/mol. The predicted molar refractivity (Wildman–Crippen MR) is 51.3 cm³/mol. The maximum atomic E-state index is 5.37. The van der Waals surface area contributed by atoms with E-state index < -0.39 is 0 Å². The van der Waals surface area contributed by atoms with E-state index in [4.69, 9.17) is 9.47 Å². The fourth-order valence-corrected chi connectivity index (χ4v) is 1.33. The van der Waals surface area contributed by atoms with Crippen LogP contribution in [0.3, 0.4) is 0 Å². The molecule has 0 radical (unpaired) electrons. The summed E-state index contributed by atoms with van der Waals surface area (Å²) in [7, 11) is 3.54. The van der Waals surface area contributed by atoms with Gasteiger partial charge in [-0.05, 0) is 18.8 Å². The Labute approximate surface area is 76.3 Å². The molecule has 0 heterocycles. The molecule has 0 saturated carbocycles. The molecular weight excluding hydrogens is 152 g/mol. The average Bonchev–Trinajstić information content (AvgIpc) is 2.06. The zero-order valence-electron chi connectivity index (χ0n) is 8.96. The summed E-state index contributed by atoms with van der Waals surface area (Å²) in [5.74, 6) is 0.569. The highest BCUT2D eigenvalue weighted by Crippen LogP contribution is 2.15. The van der Waals surface area contributed by atoms with Gasteiger partial charge in [0.15, 0.2) is 0 Å². The Hall–Kier alpha value is -0.0800. The van der Waals surface area contributed by atoms with Crippen molar-refractivity contribution in [1.82, 2.24) is 0 Å². The van der Waals surface area contributed by atoms with Crippen molar-refractivity contribution >= 4 is 0 Å². The van der Waals surface area contributed by atoms with Crippen LogP contribution in [-0.2, 0) is 9.47 Å². The second-order valence-electron chi connectivity index (χ2n) is 3.52. The van der Waals surface area contributed by atoms with Crippen LogP contribution >= 0.6 is 0 Å². The first-order valence-electron chi connectivity index (χ1n) is 4.71. The first-order valence-corrected chi connectivity index (χ1v) is 4.71. The summed E-state index contributed by atoms with van der Waals surface area (Å²) >= 11 is 0. The monoisotopic (exact) mass is 174 g/mol. The van der Waals surface area contributed by atoms with Gasteiger partial charge in [-0.3, -0.25) is 0 Å². The lowest BCUT2D eigenvalue weighted by atomic mass is 10.00. The predicted octanol–water partition coefficient (Wildman–Crippen LogP) is 2.47. The van der Waals surface area contributed by atoms with Crippen molar-refractivity contribution in [3.8, 4) is 0 Å². The highest BCUT2D eigenvalue weighted by molar-refractivity contribution is 4.67. The standard InChI is InChI=1S/C10H22O2/c1-6-9(11-4)7-10(12-5)8(2)3/h8-10H,6-7H2,1-5H3. The first-order chi connectivity index (χ1) is 5.65. The third-order valence-electron chi connectivity index (χ3n) is 2.33. The molecule has 0 amide bonds. The van der Waals surface area contributed by atoms with Gasteiger partial charge >= 0.3 is 0 Å². The number of hydrogen-bond donors (Lipinski definition) is 0. The van der Waals surface area contributed by atoms with Gasteiger partial charge in [0.2, 0.25) is 0 Å². The molecule has 0 aliphatic rings. The maximum Gasteiger partial charge on any atom is 0.0618 e. The van der Waals surface area contributed by atoms with Crippen molar-refractivity contribution in [3.05, 3.63) is 0 Å².